The first-order chi connectivity index (χ1) is 8.47. The zero-order valence-electron chi connectivity index (χ0n) is 12.7. The summed E-state index contributed by atoms with van der Waals surface area (Å²) in [5, 5.41) is 3.46. The first-order valence-electron chi connectivity index (χ1n) is 7.27. The summed E-state index contributed by atoms with van der Waals surface area (Å²) in [4.78, 5) is 0. The van der Waals surface area contributed by atoms with Crippen molar-refractivity contribution in [1.82, 2.24) is 5.32 Å². The molecule has 1 atom stereocenters. The third-order valence-electron chi connectivity index (χ3n) is 3.60. The predicted molar refractivity (Wildman–Crippen MR) is 81.2 cm³/mol. The summed E-state index contributed by atoms with van der Waals surface area (Å²) in [6.45, 7) is 13.5. The van der Waals surface area contributed by atoms with Crippen molar-refractivity contribution in [1.29, 1.82) is 0 Å². The van der Waals surface area contributed by atoms with Crippen molar-refractivity contribution in [3.63, 3.8) is 0 Å². The molecule has 1 unspecified atom stereocenters. The van der Waals surface area contributed by atoms with Crippen LogP contribution in [0.4, 0.5) is 0 Å². The van der Waals surface area contributed by atoms with E-state index in [0.717, 1.165) is 19.0 Å². The highest BCUT2D eigenvalue weighted by Gasteiger charge is 2.13. The normalized spacial score (nSPS) is 13.6. The molecule has 0 heterocycles. The van der Waals surface area contributed by atoms with E-state index in [1.54, 1.807) is 0 Å². The highest BCUT2D eigenvalue weighted by Crippen LogP contribution is 2.23. The van der Waals surface area contributed by atoms with Crippen LogP contribution in [-0.4, -0.2) is 13.1 Å². The average Bonchev–Trinajstić information content (AvgIpc) is 2.34. The minimum absolute atomic E-state index is 0.256. The molecule has 0 radical (unpaired) electrons. The molecule has 0 amide bonds. The van der Waals surface area contributed by atoms with Crippen LogP contribution in [0.15, 0.2) is 24.3 Å². The molecule has 0 spiro atoms. The van der Waals surface area contributed by atoms with Crippen LogP contribution in [0.1, 0.15) is 52.2 Å². The van der Waals surface area contributed by atoms with Gasteiger partial charge < -0.3 is 5.32 Å². The van der Waals surface area contributed by atoms with E-state index >= 15 is 0 Å². The highest BCUT2D eigenvalue weighted by atomic mass is 14.8. The zero-order valence-corrected chi connectivity index (χ0v) is 12.7. The standard InChI is InChI=1S/C17H29N/c1-6-14(13-18-7-2)12-15-8-10-16(11-9-15)17(3,4)5/h8-11,14,18H,6-7,12-13H2,1-5H3. The molecule has 1 aromatic rings. The van der Waals surface area contributed by atoms with Gasteiger partial charge in [-0.3, -0.25) is 0 Å². The summed E-state index contributed by atoms with van der Waals surface area (Å²) >= 11 is 0. The van der Waals surface area contributed by atoms with E-state index < -0.39 is 0 Å². The summed E-state index contributed by atoms with van der Waals surface area (Å²) in [6, 6.07) is 9.18. The van der Waals surface area contributed by atoms with Crippen LogP contribution in [0.3, 0.4) is 0 Å². The molecular formula is C17H29N. The van der Waals surface area contributed by atoms with Crippen LogP contribution in [0.25, 0.3) is 0 Å². The Bertz CT molecular complexity index is 332. The molecule has 18 heavy (non-hydrogen) atoms. The van der Waals surface area contributed by atoms with E-state index in [-0.39, 0.29) is 5.41 Å². The van der Waals surface area contributed by atoms with Crippen molar-refractivity contribution in [2.75, 3.05) is 13.1 Å². The fraction of sp³-hybridized carbons (Fsp3) is 0.647. The smallest absolute Gasteiger partial charge is 0.00176 e. The van der Waals surface area contributed by atoms with E-state index in [4.69, 9.17) is 0 Å². The third kappa shape index (κ3) is 4.81. The van der Waals surface area contributed by atoms with Crippen molar-refractivity contribution in [2.24, 2.45) is 5.92 Å². The molecule has 1 heteroatoms. The number of benzene rings is 1. The van der Waals surface area contributed by atoms with Crippen molar-refractivity contribution in [2.45, 2.75) is 52.9 Å². The van der Waals surface area contributed by atoms with E-state index in [1.807, 2.05) is 0 Å². The molecular weight excluding hydrogens is 218 g/mol. The van der Waals surface area contributed by atoms with Crippen LogP contribution in [0.2, 0.25) is 0 Å². The van der Waals surface area contributed by atoms with E-state index in [1.165, 1.54) is 24.0 Å². The minimum Gasteiger partial charge on any atom is -0.317 e. The minimum atomic E-state index is 0.256. The van der Waals surface area contributed by atoms with Gasteiger partial charge >= 0.3 is 0 Å². The van der Waals surface area contributed by atoms with Crippen molar-refractivity contribution in [3.8, 4) is 0 Å². The van der Waals surface area contributed by atoms with Gasteiger partial charge in [-0.05, 0) is 42.0 Å². The molecule has 1 N–H and O–H groups in total. The maximum absolute atomic E-state index is 3.46. The topological polar surface area (TPSA) is 12.0 Å². The molecule has 0 aromatic heterocycles. The third-order valence-corrected chi connectivity index (χ3v) is 3.60. The molecule has 1 aromatic carbocycles. The lowest BCUT2D eigenvalue weighted by atomic mass is 9.86. The molecule has 0 saturated heterocycles. The highest BCUT2D eigenvalue weighted by molar-refractivity contribution is 5.27. The lowest BCUT2D eigenvalue weighted by molar-refractivity contribution is 0.467. The van der Waals surface area contributed by atoms with Gasteiger partial charge in [-0.25, -0.2) is 0 Å². The van der Waals surface area contributed by atoms with Crippen molar-refractivity contribution >= 4 is 0 Å². The number of nitrogens with one attached hydrogen (secondary N) is 1. The molecule has 0 aliphatic rings. The van der Waals surface area contributed by atoms with Gasteiger partial charge in [0.1, 0.15) is 0 Å². The van der Waals surface area contributed by atoms with E-state index in [2.05, 4.69) is 64.2 Å². The Morgan fingerprint density at radius 1 is 1.06 bits per heavy atom. The summed E-state index contributed by atoms with van der Waals surface area (Å²) in [5.41, 5.74) is 3.14. The van der Waals surface area contributed by atoms with E-state index in [0.29, 0.717) is 0 Å². The summed E-state index contributed by atoms with van der Waals surface area (Å²) in [5.74, 6) is 0.755. The Morgan fingerprint density at radius 2 is 1.67 bits per heavy atom. The Morgan fingerprint density at radius 3 is 2.11 bits per heavy atom. The lowest BCUT2D eigenvalue weighted by Gasteiger charge is -2.20. The Hall–Kier alpha value is -0.820. The van der Waals surface area contributed by atoms with Gasteiger partial charge in [0.2, 0.25) is 0 Å². The van der Waals surface area contributed by atoms with Gasteiger partial charge in [-0.15, -0.1) is 0 Å². The maximum atomic E-state index is 3.46. The Labute approximate surface area is 113 Å². The van der Waals surface area contributed by atoms with Gasteiger partial charge in [0.05, 0.1) is 0 Å². The summed E-state index contributed by atoms with van der Waals surface area (Å²) in [7, 11) is 0. The number of rotatable bonds is 6. The first kappa shape index (κ1) is 15.2. The largest absolute Gasteiger partial charge is 0.317 e. The first-order valence-corrected chi connectivity index (χ1v) is 7.27. The molecule has 0 fully saturated rings. The Kier molecular flexibility index (Phi) is 5.87. The van der Waals surface area contributed by atoms with Gasteiger partial charge in [0, 0.05) is 0 Å². The van der Waals surface area contributed by atoms with Crippen molar-refractivity contribution < 1.29 is 0 Å². The fourth-order valence-electron chi connectivity index (χ4n) is 2.18. The molecule has 0 aliphatic carbocycles. The monoisotopic (exact) mass is 247 g/mol. The molecule has 0 aliphatic heterocycles. The molecule has 0 bridgehead atoms. The second-order valence-electron chi connectivity index (χ2n) is 6.23. The van der Waals surface area contributed by atoms with Gasteiger partial charge in [0.15, 0.2) is 0 Å². The molecule has 0 saturated carbocycles. The second kappa shape index (κ2) is 6.94. The quantitative estimate of drug-likeness (QED) is 0.796. The average molecular weight is 247 g/mol. The van der Waals surface area contributed by atoms with E-state index in [9.17, 15) is 0 Å². The van der Waals surface area contributed by atoms with Crippen LogP contribution in [0, 0.1) is 5.92 Å². The zero-order chi connectivity index (χ0) is 13.6. The second-order valence-corrected chi connectivity index (χ2v) is 6.23. The van der Waals surface area contributed by atoms with Crippen LogP contribution in [-0.2, 0) is 11.8 Å². The lowest BCUT2D eigenvalue weighted by Crippen LogP contribution is -2.23. The Balaban J connectivity index is 2.62. The number of hydrogen-bond donors (Lipinski definition) is 1. The summed E-state index contributed by atoms with van der Waals surface area (Å²) < 4.78 is 0. The van der Waals surface area contributed by atoms with Gasteiger partial charge in [-0.2, -0.15) is 0 Å². The van der Waals surface area contributed by atoms with Crippen LogP contribution >= 0.6 is 0 Å². The predicted octanol–water partition coefficient (Wildman–Crippen LogP) is 4.16. The number of hydrogen-bond acceptors (Lipinski definition) is 1. The maximum Gasteiger partial charge on any atom is -0.00176 e. The summed E-state index contributed by atoms with van der Waals surface area (Å²) in [6.07, 6.45) is 2.43. The van der Waals surface area contributed by atoms with Gasteiger partial charge in [-0.1, -0.05) is 65.3 Å². The molecule has 1 rings (SSSR count). The van der Waals surface area contributed by atoms with Crippen LogP contribution < -0.4 is 5.32 Å². The van der Waals surface area contributed by atoms with Crippen LogP contribution in [0.5, 0.6) is 0 Å². The fourth-order valence-corrected chi connectivity index (χ4v) is 2.18. The SMILES string of the molecule is CCNCC(CC)Cc1ccc(C(C)(C)C)cc1. The van der Waals surface area contributed by atoms with Crippen molar-refractivity contribution in [3.05, 3.63) is 35.4 Å². The van der Waals surface area contributed by atoms with Gasteiger partial charge in [0.25, 0.3) is 0 Å². The molecule has 1 nitrogen and oxygen atoms in total. The molecule has 102 valence electrons.